The van der Waals surface area contributed by atoms with Crippen LogP contribution >= 0.6 is 15.9 Å². The maximum atomic E-state index is 5.38. The Balaban J connectivity index is 2.26. The van der Waals surface area contributed by atoms with Gasteiger partial charge in [-0.05, 0) is 22.4 Å². The van der Waals surface area contributed by atoms with Gasteiger partial charge in [-0.25, -0.2) is 4.63 Å². The number of hydrogen-bond donors (Lipinski definition) is 0. The summed E-state index contributed by atoms with van der Waals surface area (Å²) in [5.74, 6) is 0.780. The van der Waals surface area contributed by atoms with Crippen molar-refractivity contribution in [3.63, 3.8) is 0 Å². The number of benzene rings is 1. The highest BCUT2D eigenvalue weighted by molar-refractivity contribution is 9.09. The molecule has 0 unspecified atom stereocenters. The van der Waals surface area contributed by atoms with Crippen LogP contribution in [0.25, 0.3) is 11.0 Å². The second-order valence-electron chi connectivity index (χ2n) is 2.45. The van der Waals surface area contributed by atoms with Gasteiger partial charge in [-0.2, -0.15) is 0 Å². The van der Waals surface area contributed by atoms with Crippen molar-refractivity contribution < 1.29 is 9.37 Å². The second-order valence-corrected chi connectivity index (χ2v) is 3.25. The molecule has 1 heterocycles. The molecule has 0 amide bonds. The molecule has 1 aromatic carbocycles. The summed E-state index contributed by atoms with van der Waals surface area (Å²) in [6, 6.07) is 5.46. The molecule has 0 atom stereocenters. The number of aromatic nitrogens is 2. The molecule has 0 fully saturated rings. The van der Waals surface area contributed by atoms with E-state index in [4.69, 9.17) is 4.74 Å². The van der Waals surface area contributed by atoms with Crippen molar-refractivity contribution in [3.05, 3.63) is 18.2 Å². The first-order chi connectivity index (χ1) is 6.40. The van der Waals surface area contributed by atoms with E-state index in [0.717, 1.165) is 16.6 Å². The molecule has 0 bridgehead atoms. The fourth-order valence-electron chi connectivity index (χ4n) is 1.01. The van der Waals surface area contributed by atoms with Gasteiger partial charge in [-0.1, -0.05) is 15.9 Å². The topological polar surface area (TPSA) is 48.2 Å². The third kappa shape index (κ3) is 1.80. The van der Waals surface area contributed by atoms with Crippen LogP contribution in [0.3, 0.4) is 0 Å². The van der Waals surface area contributed by atoms with E-state index in [1.165, 1.54) is 0 Å². The van der Waals surface area contributed by atoms with Gasteiger partial charge in [0.1, 0.15) is 16.8 Å². The average Bonchev–Trinajstić information content (AvgIpc) is 2.61. The fraction of sp³-hybridized carbons (Fsp3) is 0.250. The number of rotatable bonds is 3. The molecule has 1 aromatic heterocycles. The quantitative estimate of drug-likeness (QED) is 0.773. The standard InChI is InChI=1S/C8H7BrN2O2/c9-3-4-12-6-1-2-7-8(5-6)11-13-10-7/h1-2,5H,3-4H2. The van der Waals surface area contributed by atoms with Gasteiger partial charge in [0.2, 0.25) is 0 Å². The SMILES string of the molecule is BrCCOc1ccc2nonc2c1. The van der Waals surface area contributed by atoms with E-state index < -0.39 is 0 Å². The van der Waals surface area contributed by atoms with Crippen LogP contribution in [0.5, 0.6) is 5.75 Å². The van der Waals surface area contributed by atoms with E-state index in [-0.39, 0.29) is 0 Å². The number of ether oxygens (including phenoxy) is 1. The van der Waals surface area contributed by atoms with Crippen LogP contribution in [-0.2, 0) is 0 Å². The highest BCUT2D eigenvalue weighted by Gasteiger charge is 2.01. The van der Waals surface area contributed by atoms with E-state index >= 15 is 0 Å². The van der Waals surface area contributed by atoms with E-state index in [2.05, 4.69) is 30.9 Å². The lowest BCUT2D eigenvalue weighted by Crippen LogP contribution is -1.97. The maximum Gasteiger partial charge on any atom is 0.138 e. The van der Waals surface area contributed by atoms with Crippen LogP contribution in [-0.4, -0.2) is 22.3 Å². The van der Waals surface area contributed by atoms with Gasteiger partial charge >= 0.3 is 0 Å². The summed E-state index contributed by atoms with van der Waals surface area (Å²) in [7, 11) is 0. The molecular formula is C8H7BrN2O2. The largest absolute Gasteiger partial charge is 0.493 e. The Hall–Kier alpha value is -1.10. The molecule has 0 saturated heterocycles. The van der Waals surface area contributed by atoms with E-state index in [1.54, 1.807) is 6.07 Å². The predicted molar refractivity (Wildman–Crippen MR) is 51.1 cm³/mol. The zero-order valence-electron chi connectivity index (χ0n) is 6.74. The molecule has 4 nitrogen and oxygen atoms in total. The minimum absolute atomic E-state index is 0.636. The van der Waals surface area contributed by atoms with Gasteiger partial charge in [-0.15, -0.1) is 0 Å². The minimum Gasteiger partial charge on any atom is -0.493 e. The Labute approximate surface area is 83.0 Å². The molecule has 0 radical (unpaired) electrons. The van der Waals surface area contributed by atoms with E-state index in [1.807, 2.05) is 12.1 Å². The summed E-state index contributed by atoms with van der Waals surface area (Å²) < 4.78 is 9.94. The van der Waals surface area contributed by atoms with Gasteiger partial charge in [0.15, 0.2) is 0 Å². The van der Waals surface area contributed by atoms with Crippen molar-refractivity contribution in [2.45, 2.75) is 0 Å². The highest BCUT2D eigenvalue weighted by atomic mass is 79.9. The van der Waals surface area contributed by atoms with Crippen molar-refractivity contribution in [1.29, 1.82) is 0 Å². The predicted octanol–water partition coefficient (Wildman–Crippen LogP) is 2.00. The minimum atomic E-state index is 0.636. The van der Waals surface area contributed by atoms with Crippen LogP contribution in [0.1, 0.15) is 0 Å². The van der Waals surface area contributed by atoms with Crippen LogP contribution in [0, 0.1) is 0 Å². The Morgan fingerprint density at radius 1 is 1.31 bits per heavy atom. The molecule has 0 aliphatic rings. The van der Waals surface area contributed by atoms with E-state index in [0.29, 0.717) is 12.1 Å². The van der Waals surface area contributed by atoms with Gasteiger partial charge in [0.05, 0.1) is 6.61 Å². The summed E-state index contributed by atoms with van der Waals surface area (Å²) in [4.78, 5) is 0. The zero-order chi connectivity index (χ0) is 9.10. The van der Waals surface area contributed by atoms with Gasteiger partial charge in [0.25, 0.3) is 0 Å². The van der Waals surface area contributed by atoms with Gasteiger partial charge in [-0.3, -0.25) is 0 Å². The van der Waals surface area contributed by atoms with Crippen LogP contribution in [0.4, 0.5) is 0 Å². The monoisotopic (exact) mass is 242 g/mol. The van der Waals surface area contributed by atoms with Crippen molar-refractivity contribution >= 4 is 27.0 Å². The maximum absolute atomic E-state index is 5.38. The summed E-state index contributed by atoms with van der Waals surface area (Å²) in [6.45, 7) is 0.636. The molecule has 0 N–H and O–H groups in total. The highest BCUT2D eigenvalue weighted by Crippen LogP contribution is 2.17. The van der Waals surface area contributed by atoms with Crippen LogP contribution in [0.15, 0.2) is 22.8 Å². The fourth-order valence-corrected chi connectivity index (χ4v) is 1.17. The molecule has 2 rings (SSSR count). The molecule has 0 spiro atoms. The number of fused-ring (bicyclic) bond motifs is 1. The Morgan fingerprint density at radius 2 is 2.15 bits per heavy atom. The summed E-state index contributed by atoms with van der Waals surface area (Å²) in [6.07, 6.45) is 0. The van der Waals surface area contributed by atoms with Crippen LogP contribution < -0.4 is 4.74 Å². The number of nitrogens with zero attached hydrogens (tertiary/aromatic N) is 2. The molecule has 2 aromatic rings. The first-order valence-electron chi connectivity index (χ1n) is 3.81. The first-order valence-corrected chi connectivity index (χ1v) is 4.93. The van der Waals surface area contributed by atoms with Gasteiger partial charge in [0, 0.05) is 11.4 Å². The van der Waals surface area contributed by atoms with Crippen molar-refractivity contribution in [1.82, 2.24) is 10.3 Å². The Kier molecular flexibility index (Phi) is 2.44. The smallest absolute Gasteiger partial charge is 0.138 e. The molecule has 5 heteroatoms. The molecule has 0 aliphatic heterocycles. The lowest BCUT2D eigenvalue weighted by Gasteiger charge is -2.01. The lowest BCUT2D eigenvalue weighted by atomic mass is 10.3. The summed E-state index contributed by atoms with van der Waals surface area (Å²) >= 11 is 3.28. The Morgan fingerprint density at radius 3 is 3.00 bits per heavy atom. The number of hydrogen-bond acceptors (Lipinski definition) is 4. The first kappa shape index (κ1) is 8.50. The van der Waals surface area contributed by atoms with Crippen molar-refractivity contribution in [2.24, 2.45) is 0 Å². The summed E-state index contributed by atoms with van der Waals surface area (Å²) in [5.41, 5.74) is 1.46. The van der Waals surface area contributed by atoms with Crippen molar-refractivity contribution in [3.8, 4) is 5.75 Å². The third-order valence-corrected chi connectivity index (χ3v) is 1.89. The molecule has 13 heavy (non-hydrogen) atoms. The van der Waals surface area contributed by atoms with E-state index in [9.17, 15) is 0 Å². The van der Waals surface area contributed by atoms with Crippen LogP contribution in [0.2, 0.25) is 0 Å². The lowest BCUT2D eigenvalue weighted by molar-refractivity contribution is 0.315. The number of alkyl halides is 1. The Bertz CT molecular complexity index is 402. The van der Waals surface area contributed by atoms with Gasteiger partial charge < -0.3 is 4.74 Å². The number of halogens is 1. The second kappa shape index (κ2) is 3.74. The third-order valence-electron chi connectivity index (χ3n) is 1.57. The molecule has 0 aliphatic carbocycles. The zero-order valence-corrected chi connectivity index (χ0v) is 8.32. The molecular weight excluding hydrogens is 236 g/mol. The average molecular weight is 243 g/mol. The normalized spacial score (nSPS) is 10.5. The molecule has 68 valence electrons. The molecule has 0 saturated carbocycles. The van der Waals surface area contributed by atoms with Crippen molar-refractivity contribution in [2.75, 3.05) is 11.9 Å². The summed E-state index contributed by atoms with van der Waals surface area (Å²) in [5, 5.41) is 8.21.